The molecule has 106 valence electrons. The van der Waals surface area contributed by atoms with E-state index in [1.165, 1.54) is 51.4 Å². The smallest absolute Gasteiger partial charge is 0.132 e. The number of carbonyl (C=O) groups is 1. The summed E-state index contributed by atoms with van der Waals surface area (Å²) < 4.78 is 0. The van der Waals surface area contributed by atoms with E-state index in [2.05, 4.69) is 19.1 Å². The van der Waals surface area contributed by atoms with Gasteiger partial charge >= 0.3 is 0 Å². The molecule has 0 bridgehead atoms. The Bertz CT molecular complexity index is 206. The molecule has 1 nitrogen and oxygen atoms in total. The summed E-state index contributed by atoms with van der Waals surface area (Å²) in [6, 6.07) is 0. The maximum absolute atomic E-state index is 11.1. The lowest BCUT2D eigenvalue weighted by Gasteiger charge is -1.98. The average Bonchev–Trinajstić information content (AvgIpc) is 2.39. The van der Waals surface area contributed by atoms with Crippen molar-refractivity contribution < 1.29 is 4.79 Å². The van der Waals surface area contributed by atoms with Gasteiger partial charge in [0.2, 0.25) is 0 Å². The van der Waals surface area contributed by atoms with Crippen LogP contribution in [0.1, 0.15) is 90.9 Å². The number of hydrogen-bond acceptors (Lipinski definition) is 1. The maximum atomic E-state index is 11.1. The third-order valence-electron chi connectivity index (χ3n) is 3.36. The minimum atomic E-state index is 0.408. The van der Waals surface area contributed by atoms with Gasteiger partial charge in [0, 0.05) is 12.8 Å². The molecule has 0 atom stereocenters. The highest BCUT2D eigenvalue weighted by Gasteiger charge is 1.96. The highest BCUT2D eigenvalue weighted by molar-refractivity contribution is 5.77. The van der Waals surface area contributed by atoms with Crippen LogP contribution in [0.3, 0.4) is 0 Å². The highest BCUT2D eigenvalue weighted by Crippen LogP contribution is 2.08. The van der Waals surface area contributed by atoms with Gasteiger partial charge in [-0.3, -0.25) is 4.79 Å². The van der Waals surface area contributed by atoms with Crippen LogP contribution in [0.4, 0.5) is 0 Å². The van der Waals surface area contributed by atoms with Gasteiger partial charge in [0.15, 0.2) is 0 Å². The zero-order valence-corrected chi connectivity index (χ0v) is 12.5. The van der Waals surface area contributed by atoms with E-state index in [1.807, 2.05) is 6.92 Å². The molecule has 0 aromatic carbocycles. The number of ketones is 1. The van der Waals surface area contributed by atoms with Crippen molar-refractivity contribution in [2.75, 3.05) is 0 Å². The van der Waals surface area contributed by atoms with Crippen molar-refractivity contribution in [3.63, 3.8) is 0 Å². The minimum absolute atomic E-state index is 0.408. The van der Waals surface area contributed by atoms with Crippen LogP contribution in [-0.2, 0) is 4.79 Å². The van der Waals surface area contributed by atoms with E-state index in [9.17, 15) is 4.79 Å². The third-order valence-corrected chi connectivity index (χ3v) is 3.36. The van der Waals surface area contributed by atoms with Crippen molar-refractivity contribution in [3.05, 3.63) is 12.2 Å². The predicted molar refractivity (Wildman–Crippen MR) is 80.9 cm³/mol. The van der Waals surface area contributed by atoms with E-state index in [-0.39, 0.29) is 0 Å². The van der Waals surface area contributed by atoms with E-state index in [1.54, 1.807) is 0 Å². The van der Waals surface area contributed by atoms with Crippen molar-refractivity contribution in [1.82, 2.24) is 0 Å². The largest absolute Gasteiger partial charge is 0.300 e. The van der Waals surface area contributed by atoms with Crippen molar-refractivity contribution in [2.45, 2.75) is 90.9 Å². The summed E-state index contributed by atoms with van der Waals surface area (Å²) >= 11 is 0. The summed E-state index contributed by atoms with van der Waals surface area (Å²) in [4.78, 5) is 11.1. The van der Waals surface area contributed by atoms with Crippen LogP contribution in [0, 0.1) is 0 Å². The van der Waals surface area contributed by atoms with Gasteiger partial charge in [0.1, 0.15) is 5.78 Å². The van der Waals surface area contributed by atoms with E-state index in [0.29, 0.717) is 12.2 Å². The summed E-state index contributed by atoms with van der Waals surface area (Å²) in [5.74, 6) is 0.408. The lowest BCUT2D eigenvalue weighted by molar-refractivity contribution is -0.118. The molecule has 0 unspecified atom stereocenters. The molecule has 0 spiro atoms. The molecule has 0 rings (SSSR count). The van der Waals surface area contributed by atoms with Crippen molar-refractivity contribution in [1.29, 1.82) is 0 Å². The number of Topliss-reactive ketones (excluding diaryl/α,β-unsaturated/α-hetero) is 1. The Balaban J connectivity index is 3.11. The molecule has 0 aliphatic carbocycles. The van der Waals surface area contributed by atoms with Crippen LogP contribution in [0.5, 0.6) is 0 Å². The molecule has 18 heavy (non-hydrogen) atoms. The van der Waals surface area contributed by atoms with Gasteiger partial charge in [-0.2, -0.15) is 0 Å². The minimum Gasteiger partial charge on any atom is -0.300 e. The molecule has 0 saturated carbocycles. The summed E-state index contributed by atoms with van der Waals surface area (Å²) in [5.41, 5.74) is 0. The van der Waals surface area contributed by atoms with Gasteiger partial charge in [-0.15, -0.1) is 0 Å². The van der Waals surface area contributed by atoms with Crippen LogP contribution >= 0.6 is 0 Å². The summed E-state index contributed by atoms with van der Waals surface area (Å²) in [6.07, 6.45) is 19.0. The van der Waals surface area contributed by atoms with E-state index in [4.69, 9.17) is 0 Å². The molecule has 0 heterocycles. The molecule has 0 aliphatic rings. The Labute approximate surface area is 114 Å². The number of allylic oxidation sites excluding steroid dienone is 2. The Morgan fingerprint density at radius 2 is 1.33 bits per heavy atom. The fraction of sp³-hybridized carbons (Fsp3) is 0.824. The van der Waals surface area contributed by atoms with Crippen molar-refractivity contribution >= 4 is 5.78 Å². The number of hydrogen-bond donors (Lipinski definition) is 0. The summed E-state index contributed by atoms with van der Waals surface area (Å²) in [6.45, 7) is 4.21. The predicted octanol–water partition coefficient (Wildman–Crippen LogP) is 5.83. The van der Waals surface area contributed by atoms with Crippen LogP contribution in [0.15, 0.2) is 12.2 Å². The summed E-state index contributed by atoms with van der Waals surface area (Å²) in [7, 11) is 0. The molecule has 0 radical (unpaired) electrons. The Morgan fingerprint density at radius 1 is 0.778 bits per heavy atom. The standard InChI is InChI=1S/C17H32O/c1-3-5-6-7-8-9-10-11-12-13-14-15-16-17(18)4-2/h11-12H,3-10,13-16H2,1-2H3. The zero-order valence-electron chi connectivity index (χ0n) is 12.5. The van der Waals surface area contributed by atoms with Gasteiger partial charge in [-0.05, 0) is 32.1 Å². The number of unbranched alkanes of at least 4 members (excludes halogenated alkanes) is 8. The van der Waals surface area contributed by atoms with E-state index < -0.39 is 0 Å². The Morgan fingerprint density at radius 3 is 1.94 bits per heavy atom. The SMILES string of the molecule is CCCCCCCCC=CCCCCC(=O)CC. The van der Waals surface area contributed by atoms with Crippen LogP contribution in [-0.4, -0.2) is 5.78 Å². The number of carbonyl (C=O) groups excluding carboxylic acids is 1. The van der Waals surface area contributed by atoms with Crippen molar-refractivity contribution in [2.24, 2.45) is 0 Å². The topological polar surface area (TPSA) is 17.1 Å². The molecule has 0 aromatic rings. The molecule has 0 aliphatic heterocycles. The molecule has 0 amide bonds. The Kier molecular flexibility index (Phi) is 14.0. The molecule has 0 aromatic heterocycles. The third kappa shape index (κ3) is 13.5. The zero-order chi connectivity index (χ0) is 13.5. The van der Waals surface area contributed by atoms with E-state index >= 15 is 0 Å². The second-order valence-corrected chi connectivity index (χ2v) is 5.17. The van der Waals surface area contributed by atoms with Gasteiger partial charge in [0.25, 0.3) is 0 Å². The lowest BCUT2D eigenvalue weighted by atomic mass is 10.1. The second-order valence-electron chi connectivity index (χ2n) is 5.17. The van der Waals surface area contributed by atoms with E-state index in [0.717, 1.165) is 19.3 Å². The van der Waals surface area contributed by atoms with Crippen molar-refractivity contribution in [3.8, 4) is 0 Å². The van der Waals surface area contributed by atoms with Gasteiger partial charge in [-0.25, -0.2) is 0 Å². The van der Waals surface area contributed by atoms with Crippen LogP contribution in [0.25, 0.3) is 0 Å². The van der Waals surface area contributed by atoms with Gasteiger partial charge in [0.05, 0.1) is 0 Å². The first-order chi connectivity index (χ1) is 8.81. The quantitative estimate of drug-likeness (QED) is 0.297. The Hall–Kier alpha value is -0.590. The first-order valence-corrected chi connectivity index (χ1v) is 7.98. The molecule has 0 N–H and O–H groups in total. The fourth-order valence-electron chi connectivity index (χ4n) is 2.04. The fourth-order valence-corrected chi connectivity index (χ4v) is 2.04. The van der Waals surface area contributed by atoms with Gasteiger partial charge in [-0.1, -0.05) is 58.1 Å². The van der Waals surface area contributed by atoms with Crippen LogP contribution < -0.4 is 0 Å². The molecular weight excluding hydrogens is 220 g/mol. The maximum Gasteiger partial charge on any atom is 0.132 e. The van der Waals surface area contributed by atoms with Crippen LogP contribution in [0.2, 0.25) is 0 Å². The van der Waals surface area contributed by atoms with Gasteiger partial charge < -0.3 is 0 Å². The molecule has 0 saturated heterocycles. The monoisotopic (exact) mass is 252 g/mol. The highest BCUT2D eigenvalue weighted by atomic mass is 16.1. The number of rotatable bonds is 13. The molecular formula is C17H32O. The molecule has 1 heteroatoms. The summed E-state index contributed by atoms with van der Waals surface area (Å²) in [5, 5.41) is 0. The first kappa shape index (κ1) is 17.4. The molecule has 0 fully saturated rings. The lowest BCUT2D eigenvalue weighted by Crippen LogP contribution is -1.93. The normalized spacial score (nSPS) is 11.2. The second kappa shape index (κ2) is 14.5. The average molecular weight is 252 g/mol. The first-order valence-electron chi connectivity index (χ1n) is 7.98.